The summed E-state index contributed by atoms with van der Waals surface area (Å²) < 4.78 is 7.52. The number of carbonyl (C=O) groups is 1. The molecule has 0 bridgehead atoms. The molecule has 1 aliphatic rings. The molecule has 1 amide bonds. The molecule has 158 valence electrons. The minimum Gasteiger partial charge on any atom is -0.461 e. The van der Waals surface area contributed by atoms with E-state index in [1.165, 1.54) is 23.1 Å². The highest BCUT2D eigenvalue weighted by Crippen LogP contribution is 2.32. The van der Waals surface area contributed by atoms with E-state index in [2.05, 4.69) is 20.5 Å². The SMILES string of the molecule is Cc1ccc(Cl)cc1-n1c(SCc2nc(C(=O)NC3CC3)cs2)nnc1-c1ccco1. The van der Waals surface area contributed by atoms with E-state index in [4.69, 9.17) is 16.0 Å². The lowest BCUT2D eigenvalue weighted by molar-refractivity contribution is 0.0946. The van der Waals surface area contributed by atoms with Crippen LogP contribution < -0.4 is 5.32 Å². The molecule has 1 aromatic carbocycles. The van der Waals surface area contributed by atoms with Gasteiger partial charge in [0.25, 0.3) is 5.91 Å². The Morgan fingerprint density at radius 2 is 2.23 bits per heavy atom. The summed E-state index contributed by atoms with van der Waals surface area (Å²) in [5.74, 6) is 1.68. The maximum absolute atomic E-state index is 12.2. The highest BCUT2D eigenvalue weighted by molar-refractivity contribution is 7.98. The van der Waals surface area contributed by atoms with Crippen LogP contribution in [-0.4, -0.2) is 31.7 Å². The number of carbonyl (C=O) groups excluding carboxylic acids is 1. The standard InChI is InChI=1S/C21H18ClN5O2S2/c1-12-4-5-13(22)9-16(12)27-19(17-3-2-8-29-17)25-26-21(27)31-11-18-24-15(10-30-18)20(28)23-14-6-7-14/h2-5,8-10,14H,6-7,11H2,1H3,(H,23,28). The van der Waals surface area contributed by atoms with Crippen molar-refractivity contribution in [3.05, 3.63) is 63.3 Å². The number of halogens is 1. The lowest BCUT2D eigenvalue weighted by Gasteiger charge is -2.12. The summed E-state index contributed by atoms with van der Waals surface area (Å²) in [6, 6.07) is 9.68. The number of nitrogens with zero attached hydrogens (tertiary/aromatic N) is 4. The highest BCUT2D eigenvalue weighted by Gasteiger charge is 2.25. The van der Waals surface area contributed by atoms with Crippen molar-refractivity contribution in [3.8, 4) is 17.3 Å². The molecule has 7 nitrogen and oxygen atoms in total. The van der Waals surface area contributed by atoms with Gasteiger partial charge in [-0.15, -0.1) is 21.5 Å². The molecule has 10 heteroatoms. The van der Waals surface area contributed by atoms with Crippen LogP contribution in [0, 0.1) is 6.92 Å². The first-order chi connectivity index (χ1) is 15.1. The third-order valence-corrected chi connectivity index (χ3v) is 7.02. The monoisotopic (exact) mass is 471 g/mol. The average Bonchev–Trinajstić information content (AvgIpc) is 3.19. The van der Waals surface area contributed by atoms with Gasteiger partial charge in [-0.2, -0.15) is 0 Å². The minimum atomic E-state index is -0.104. The van der Waals surface area contributed by atoms with Gasteiger partial charge >= 0.3 is 0 Å². The first-order valence-electron chi connectivity index (χ1n) is 9.72. The molecule has 3 heterocycles. The van der Waals surface area contributed by atoms with Crippen LogP contribution in [0.2, 0.25) is 5.02 Å². The summed E-state index contributed by atoms with van der Waals surface area (Å²) in [4.78, 5) is 16.7. The van der Waals surface area contributed by atoms with Crippen molar-refractivity contribution in [1.82, 2.24) is 25.1 Å². The van der Waals surface area contributed by atoms with Crippen LogP contribution in [0.1, 0.15) is 33.9 Å². The molecule has 0 atom stereocenters. The van der Waals surface area contributed by atoms with Crippen LogP contribution in [0.4, 0.5) is 0 Å². The Morgan fingerprint density at radius 1 is 1.35 bits per heavy atom. The summed E-state index contributed by atoms with van der Waals surface area (Å²) in [6.07, 6.45) is 3.71. The summed E-state index contributed by atoms with van der Waals surface area (Å²) in [5, 5.41) is 15.7. The van der Waals surface area contributed by atoms with E-state index < -0.39 is 0 Å². The summed E-state index contributed by atoms with van der Waals surface area (Å²) in [5.41, 5.74) is 2.39. The second-order valence-corrected chi connectivity index (χ2v) is 9.53. The third kappa shape index (κ3) is 4.39. The number of benzene rings is 1. The van der Waals surface area contributed by atoms with Gasteiger partial charge in [0, 0.05) is 16.4 Å². The molecular formula is C21H18ClN5O2S2. The topological polar surface area (TPSA) is 85.8 Å². The molecule has 31 heavy (non-hydrogen) atoms. The van der Waals surface area contributed by atoms with Gasteiger partial charge in [-0.1, -0.05) is 29.4 Å². The Bertz CT molecular complexity index is 1230. The van der Waals surface area contributed by atoms with Gasteiger partial charge in [0.2, 0.25) is 5.82 Å². The number of rotatable bonds is 7. The zero-order valence-corrected chi connectivity index (χ0v) is 18.9. The molecule has 0 spiro atoms. The predicted molar refractivity (Wildman–Crippen MR) is 121 cm³/mol. The molecule has 1 N–H and O–H groups in total. The van der Waals surface area contributed by atoms with Crippen molar-refractivity contribution in [1.29, 1.82) is 0 Å². The van der Waals surface area contributed by atoms with Gasteiger partial charge in [-0.25, -0.2) is 4.98 Å². The van der Waals surface area contributed by atoms with E-state index >= 15 is 0 Å². The molecular weight excluding hydrogens is 454 g/mol. The fourth-order valence-electron chi connectivity index (χ4n) is 3.06. The van der Waals surface area contributed by atoms with E-state index in [0.717, 1.165) is 29.1 Å². The molecule has 0 aliphatic heterocycles. The van der Waals surface area contributed by atoms with Gasteiger partial charge in [0.1, 0.15) is 10.7 Å². The van der Waals surface area contributed by atoms with Crippen LogP contribution in [0.25, 0.3) is 17.3 Å². The average molecular weight is 472 g/mol. The quantitative estimate of drug-likeness (QED) is 0.376. The number of thiazole rings is 1. The van der Waals surface area contributed by atoms with Crippen LogP contribution >= 0.6 is 34.7 Å². The Kier molecular flexibility index (Phi) is 5.56. The zero-order chi connectivity index (χ0) is 21.4. The maximum Gasteiger partial charge on any atom is 0.270 e. The first kappa shape index (κ1) is 20.3. The van der Waals surface area contributed by atoms with Crippen molar-refractivity contribution in [2.75, 3.05) is 0 Å². The number of aromatic nitrogens is 4. The zero-order valence-electron chi connectivity index (χ0n) is 16.5. The molecule has 0 unspecified atom stereocenters. The van der Waals surface area contributed by atoms with E-state index in [0.29, 0.717) is 39.3 Å². The van der Waals surface area contributed by atoms with Crippen molar-refractivity contribution in [2.45, 2.75) is 36.7 Å². The molecule has 1 saturated carbocycles. The predicted octanol–water partition coefficient (Wildman–Crippen LogP) is 5.13. The molecule has 4 aromatic rings. The first-order valence-corrected chi connectivity index (χ1v) is 12.0. The van der Waals surface area contributed by atoms with Crippen LogP contribution in [-0.2, 0) is 5.75 Å². The summed E-state index contributed by atoms with van der Waals surface area (Å²) >= 11 is 9.24. The molecule has 0 radical (unpaired) electrons. The molecule has 3 aromatic heterocycles. The second-order valence-electron chi connectivity index (χ2n) is 7.21. The molecule has 1 fully saturated rings. The van der Waals surface area contributed by atoms with E-state index in [1.54, 1.807) is 11.6 Å². The normalized spacial score (nSPS) is 13.5. The lowest BCUT2D eigenvalue weighted by Crippen LogP contribution is -2.25. The number of amides is 1. The Hall–Kier alpha value is -2.62. The fourth-order valence-corrected chi connectivity index (χ4v) is 4.97. The van der Waals surface area contributed by atoms with Gasteiger partial charge in [-0.05, 0) is 49.6 Å². The van der Waals surface area contributed by atoms with Crippen LogP contribution in [0.3, 0.4) is 0 Å². The third-order valence-electron chi connectivity index (χ3n) is 4.81. The van der Waals surface area contributed by atoms with Crippen molar-refractivity contribution >= 4 is 40.6 Å². The van der Waals surface area contributed by atoms with E-state index in [9.17, 15) is 4.79 Å². The number of furan rings is 1. The largest absolute Gasteiger partial charge is 0.461 e. The smallest absolute Gasteiger partial charge is 0.270 e. The summed E-state index contributed by atoms with van der Waals surface area (Å²) in [7, 11) is 0. The van der Waals surface area contributed by atoms with Crippen LogP contribution in [0.5, 0.6) is 0 Å². The highest BCUT2D eigenvalue weighted by atomic mass is 35.5. The molecule has 1 aliphatic carbocycles. The second kappa shape index (κ2) is 8.49. The Morgan fingerprint density at radius 3 is 3.00 bits per heavy atom. The molecule has 0 saturated heterocycles. The number of nitrogens with one attached hydrogen (secondary N) is 1. The van der Waals surface area contributed by atoms with Gasteiger partial charge in [0.05, 0.1) is 17.7 Å². The number of thioether (sulfide) groups is 1. The Labute approximate surface area is 191 Å². The fraction of sp³-hybridized carbons (Fsp3) is 0.238. The maximum atomic E-state index is 12.2. The molecule has 5 rings (SSSR count). The lowest BCUT2D eigenvalue weighted by atomic mass is 10.2. The van der Waals surface area contributed by atoms with E-state index in [1.807, 2.05) is 41.8 Å². The number of aryl methyl sites for hydroxylation is 1. The van der Waals surface area contributed by atoms with Crippen molar-refractivity contribution in [3.63, 3.8) is 0 Å². The number of hydrogen-bond acceptors (Lipinski definition) is 7. The number of hydrogen-bond donors (Lipinski definition) is 1. The van der Waals surface area contributed by atoms with Crippen LogP contribution in [0.15, 0.2) is 51.5 Å². The van der Waals surface area contributed by atoms with Gasteiger partial charge in [-0.3, -0.25) is 9.36 Å². The van der Waals surface area contributed by atoms with Gasteiger partial charge in [0.15, 0.2) is 10.9 Å². The Balaban J connectivity index is 1.42. The summed E-state index contributed by atoms with van der Waals surface area (Å²) in [6.45, 7) is 2.01. The van der Waals surface area contributed by atoms with E-state index in [-0.39, 0.29) is 5.91 Å². The van der Waals surface area contributed by atoms with Gasteiger partial charge < -0.3 is 9.73 Å². The van der Waals surface area contributed by atoms with Crippen molar-refractivity contribution < 1.29 is 9.21 Å². The van der Waals surface area contributed by atoms with Crippen molar-refractivity contribution in [2.24, 2.45) is 0 Å². The minimum absolute atomic E-state index is 0.104.